The third-order valence-electron chi connectivity index (χ3n) is 8.14. The number of likely N-dealkylation sites (tertiary alicyclic amines) is 1. The Morgan fingerprint density at radius 2 is 1.88 bits per heavy atom. The van der Waals surface area contributed by atoms with Gasteiger partial charge >= 0.3 is 5.69 Å². The summed E-state index contributed by atoms with van der Waals surface area (Å²) >= 11 is 0. The predicted octanol–water partition coefficient (Wildman–Crippen LogP) is 2.97. The van der Waals surface area contributed by atoms with E-state index in [4.69, 9.17) is 4.98 Å². The van der Waals surface area contributed by atoms with Crippen LogP contribution in [0, 0.1) is 17.8 Å². The molecule has 3 fully saturated rings. The van der Waals surface area contributed by atoms with E-state index < -0.39 is 5.69 Å². The van der Waals surface area contributed by atoms with Gasteiger partial charge in [-0.1, -0.05) is 43.7 Å². The average molecular weight is 434 g/mol. The highest BCUT2D eigenvalue weighted by atomic mass is 16.2. The van der Waals surface area contributed by atoms with Crippen molar-refractivity contribution in [3.05, 3.63) is 62.6 Å². The third-order valence-corrected chi connectivity index (χ3v) is 8.14. The Morgan fingerprint density at radius 3 is 2.66 bits per heavy atom. The largest absolute Gasteiger partial charge is 0.330 e. The average Bonchev–Trinajstić information content (AvgIpc) is 3.44. The lowest BCUT2D eigenvalue weighted by atomic mass is 9.77. The Labute approximate surface area is 187 Å². The van der Waals surface area contributed by atoms with Gasteiger partial charge in [0.05, 0.1) is 13.1 Å². The van der Waals surface area contributed by atoms with E-state index in [2.05, 4.69) is 21.4 Å². The number of aryl methyl sites for hydroxylation is 1. The first-order valence-electron chi connectivity index (χ1n) is 12.1. The number of hydrogen-bond acceptors (Lipinski definition) is 4. The molecule has 1 aliphatic heterocycles. The number of benzene rings is 1. The van der Waals surface area contributed by atoms with Gasteiger partial charge in [0.15, 0.2) is 11.2 Å². The molecule has 2 saturated carbocycles. The minimum atomic E-state index is -0.393. The van der Waals surface area contributed by atoms with E-state index in [1.807, 2.05) is 30.3 Å². The van der Waals surface area contributed by atoms with Crippen LogP contribution in [-0.4, -0.2) is 36.6 Å². The molecule has 0 spiro atoms. The van der Waals surface area contributed by atoms with Crippen LogP contribution in [0.1, 0.15) is 50.4 Å². The van der Waals surface area contributed by atoms with Gasteiger partial charge in [-0.15, -0.1) is 0 Å². The van der Waals surface area contributed by atoms with Gasteiger partial charge in [-0.25, -0.2) is 9.78 Å². The number of aromatic nitrogens is 4. The molecular weight excluding hydrogens is 402 g/mol. The second kappa shape index (κ2) is 7.73. The molecular formula is C25H31N5O2. The van der Waals surface area contributed by atoms with Gasteiger partial charge in [-0.2, -0.15) is 0 Å². The molecule has 168 valence electrons. The Balaban J connectivity index is 1.40. The molecule has 3 aliphatic rings. The Morgan fingerprint density at radius 1 is 1.06 bits per heavy atom. The fourth-order valence-corrected chi connectivity index (χ4v) is 6.62. The highest BCUT2D eigenvalue weighted by Gasteiger charge is 2.56. The first kappa shape index (κ1) is 20.0. The molecule has 2 aromatic heterocycles. The normalized spacial score (nSPS) is 26.5. The maximum Gasteiger partial charge on any atom is 0.330 e. The molecule has 1 aromatic carbocycles. The molecule has 0 amide bonds. The zero-order valence-electron chi connectivity index (χ0n) is 18.7. The minimum absolute atomic E-state index is 0.328. The maximum atomic E-state index is 12.9. The molecule has 7 nitrogen and oxygen atoms in total. The van der Waals surface area contributed by atoms with Crippen LogP contribution in [0.15, 0.2) is 39.9 Å². The second-order valence-electron chi connectivity index (χ2n) is 9.95. The second-order valence-corrected chi connectivity index (χ2v) is 9.95. The lowest BCUT2D eigenvalue weighted by molar-refractivity contribution is -0.0305. The van der Waals surface area contributed by atoms with Gasteiger partial charge in [-0.05, 0) is 49.0 Å². The quantitative estimate of drug-likeness (QED) is 0.622. The van der Waals surface area contributed by atoms with Crippen LogP contribution in [-0.2, 0) is 19.6 Å². The van der Waals surface area contributed by atoms with Crippen LogP contribution in [0.2, 0.25) is 0 Å². The summed E-state index contributed by atoms with van der Waals surface area (Å²) in [6.45, 7) is 5.22. The lowest BCUT2D eigenvalue weighted by Gasteiger charge is -2.50. The van der Waals surface area contributed by atoms with Crippen molar-refractivity contribution in [2.24, 2.45) is 17.8 Å². The summed E-state index contributed by atoms with van der Waals surface area (Å²) in [5.74, 6) is 3.56. The molecule has 0 radical (unpaired) electrons. The summed E-state index contributed by atoms with van der Waals surface area (Å²) in [5.41, 5.74) is 1.34. The van der Waals surface area contributed by atoms with Crippen molar-refractivity contribution >= 4 is 11.2 Å². The molecule has 3 aromatic rings. The van der Waals surface area contributed by atoms with Crippen molar-refractivity contribution in [2.75, 3.05) is 6.54 Å². The molecule has 4 atom stereocenters. The van der Waals surface area contributed by atoms with Crippen LogP contribution in [0.3, 0.4) is 0 Å². The maximum absolute atomic E-state index is 12.9. The minimum Gasteiger partial charge on any atom is -0.321 e. The first-order valence-corrected chi connectivity index (χ1v) is 12.1. The molecule has 2 bridgehead atoms. The van der Waals surface area contributed by atoms with Gasteiger partial charge < -0.3 is 4.57 Å². The fraction of sp³-hybridized carbons (Fsp3) is 0.560. The first-order chi connectivity index (χ1) is 15.6. The Hall–Kier alpha value is -2.67. The summed E-state index contributed by atoms with van der Waals surface area (Å²) in [6.07, 6.45) is 6.19. The van der Waals surface area contributed by atoms with Crippen molar-refractivity contribution < 1.29 is 0 Å². The van der Waals surface area contributed by atoms with E-state index in [-0.39, 0.29) is 5.56 Å². The molecule has 32 heavy (non-hydrogen) atoms. The van der Waals surface area contributed by atoms with Crippen molar-refractivity contribution in [2.45, 2.75) is 64.7 Å². The zero-order chi connectivity index (χ0) is 21.8. The number of aromatic amines is 1. The van der Waals surface area contributed by atoms with Gasteiger partial charge in [0.2, 0.25) is 0 Å². The summed E-state index contributed by atoms with van der Waals surface area (Å²) in [5, 5.41) is 0. The van der Waals surface area contributed by atoms with Gasteiger partial charge in [-0.3, -0.25) is 19.2 Å². The number of H-pyrrole nitrogens is 1. The third kappa shape index (κ3) is 3.09. The van der Waals surface area contributed by atoms with Crippen LogP contribution < -0.4 is 11.2 Å². The van der Waals surface area contributed by atoms with Crippen molar-refractivity contribution in [3.63, 3.8) is 0 Å². The summed E-state index contributed by atoms with van der Waals surface area (Å²) < 4.78 is 3.70. The highest BCUT2D eigenvalue weighted by molar-refractivity contribution is 5.71. The van der Waals surface area contributed by atoms with E-state index >= 15 is 0 Å². The number of unbranched alkanes of at least 4 members (excludes halogenated alkanes) is 1. The smallest absolute Gasteiger partial charge is 0.321 e. The molecule has 2 aliphatic carbocycles. The standard InChI is InChI=1S/C25H31N5O2/c1-2-3-11-29-20(15-28-14-19-17-9-10-18(12-17)21(19)28)26-23-22(29)24(31)27-25(32)30(23)13-16-7-5-4-6-8-16/h4-8,17-19,21H,2-3,9-15H2,1H3,(H,27,31,32)/t17-,18-,19+,21+/m0/s1. The Bertz CT molecular complexity index is 1260. The van der Waals surface area contributed by atoms with Crippen molar-refractivity contribution in [1.29, 1.82) is 0 Å². The van der Waals surface area contributed by atoms with Crippen LogP contribution in [0.5, 0.6) is 0 Å². The topological polar surface area (TPSA) is 75.9 Å². The van der Waals surface area contributed by atoms with Crippen molar-refractivity contribution in [1.82, 2.24) is 24.0 Å². The molecule has 6 rings (SSSR count). The van der Waals surface area contributed by atoms with Crippen molar-refractivity contribution in [3.8, 4) is 0 Å². The Kier molecular flexibility index (Phi) is 4.82. The van der Waals surface area contributed by atoms with Crippen LogP contribution in [0.25, 0.3) is 11.2 Å². The fourth-order valence-electron chi connectivity index (χ4n) is 6.62. The number of nitrogens with zero attached hydrogens (tertiary/aromatic N) is 4. The molecule has 3 heterocycles. The summed E-state index contributed by atoms with van der Waals surface area (Å²) in [6, 6.07) is 10.6. The molecule has 1 saturated heterocycles. The van der Waals surface area contributed by atoms with E-state index in [1.54, 1.807) is 4.57 Å². The molecule has 7 heteroatoms. The number of fused-ring (bicyclic) bond motifs is 6. The van der Waals surface area contributed by atoms with E-state index in [1.165, 1.54) is 19.3 Å². The van der Waals surface area contributed by atoms with Gasteiger partial charge in [0.1, 0.15) is 5.82 Å². The van der Waals surface area contributed by atoms with Gasteiger partial charge in [0, 0.05) is 19.1 Å². The zero-order valence-corrected chi connectivity index (χ0v) is 18.7. The number of imidazole rings is 1. The van der Waals surface area contributed by atoms with E-state index in [0.717, 1.165) is 61.6 Å². The number of nitrogens with one attached hydrogen (secondary N) is 1. The summed E-state index contributed by atoms with van der Waals surface area (Å²) in [7, 11) is 0. The number of hydrogen-bond donors (Lipinski definition) is 1. The lowest BCUT2D eigenvalue weighted by Crippen LogP contribution is -2.58. The predicted molar refractivity (Wildman–Crippen MR) is 124 cm³/mol. The molecule has 0 unspecified atom stereocenters. The van der Waals surface area contributed by atoms with Gasteiger partial charge in [0.25, 0.3) is 5.56 Å². The van der Waals surface area contributed by atoms with Crippen LogP contribution >= 0.6 is 0 Å². The monoisotopic (exact) mass is 433 g/mol. The van der Waals surface area contributed by atoms with Crippen LogP contribution in [0.4, 0.5) is 0 Å². The van der Waals surface area contributed by atoms with E-state index in [9.17, 15) is 9.59 Å². The summed E-state index contributed by atoms with van der Waals surface area (Å²) in [4.78, 5) is 35.8. The SMILES string of the molecule is CCCCn1c(CN2C[C@@H]3[C@H]4CC[C@@H](C4)[C@H]32)nc2c1c(=O)[nH]c(=O)n2Cc1ccccc1. The highest BCUT2D eigenvalue weighted by Crippen LogP contribution is 2.55. The number of rotatable bonds is 7. The van der Waals surface area contributed by atoms with E-state index in [0.29, 0.717) is 23.8 Å². The molecule has 1 N–H and O–H groups in total.